The van der Waals surface area contributed by atoms with Gasteiger partial charge in [-0.2, -0.15) is 0 Å². The Labute approximate surface area is 200 Å². The normalized spacial score (nSPS) is 10.6. The van der Waals surface area contributed by atoms with Gasteiger partial charge in [0.1, 0.15) is 0 Å². The van der Waals surface area contributed by atoms with Crippen molar-refractivity contribution in [3.05, 3.63) is 119 Å². The summed E-state index contributed by atoms with van der Waals surface area (Å²) >= 11 is 0. The molecule has 0 N–H and O–H groups in total. The molecule has 0 aliphatic carbocycles. The van der Waals surface area contributed by atoms with Crippen molar-refractivity contribution in [2.24, 2.45) is 0 Å². The van der Waals surface area contributed by atoms with Crippen molar-refractivity contribution in [2.75, 3.05) is 0 Å². The van der Waals surface area contributed by atoms with Gasteiger partial charge < -0.3 is 9.47 Å². The Hall–Kier alpha value is -3.99. The van der Waals surface area contributed by atoms with Crippen LogP contribution in [0.4, 0.5) is 4.79 Å². The van der Waals surface area contributed by atoms with E-state index in [1.165, 1.54) is 11.1 Å². The summed E-state index contributed by atoms with van der Waals surface area (Å²) in [5.74, 6) is 0.472. The van der Waals surface area contributed by atoms with Crippen LogP contribution < -0.4 is 9.47 Å². The van der Waals surface area contributed by atoms with Gasteiger partial charge in [0, 0.05) is 36.4 Å². The fraction of sp³-hybridized carbons (Fsp3) is 0.207. The summed E-state index contributed by atoms with van der Waals surface area (Å²) in [5.41, 5.74) is 6.40. The van der Waals surface area contributed by atoms with Crippen LogP contribution in [0, 0.1) is 0 Å². The molecule has 4 aromatic rings. The molecule has 2 heterocycles. The first-order valence-corrected chi connectivity index (χ1v) is 11.6. The van der Waals surface area contributed by atoms with Crippen LogP contribution in [-0.2, 0) is 25.7 Å². The molecule has 0 aliphatic rings. The smallest absolute Gasteiger partial charge is 0.375 e. The maximum atomic E-state index is 12.6. The van der Waals surface area contributed by atoms with Gasteiger partial charge in [0.05, 0.1) is 0 Å². The fourth-order valence-corrected chi connectivity index (χ4v) is 3.71. The van der Waals surface area contributed by atoms with Crippen LogP contribution in [0.3, 0.4) is 0 Å². The molecule has 0 bridgehead atoms. The van der Waals surface area contributed by atoms with Crippen molar-refractivity contribution in [1.82, 2.24) is 9.97 Å². The average Bonchev–Trinajstić information content (AvgIpc) is 2.87. The summed E-state index contributed by atoms with van der Waals surface area (Å²) in [4.78, 5) is 21.1. The molecule has 5 nitrogen and oxygen atoms in total. The number of ether oxygens (including phenoxy) is 2. The Bertz CT molecular complexity index is 1140. The second-order valence-corrected chi connectivity index (χ2v) is 8.08. The van der Waals surface area contributed by atoms with Crippen molar-refractivity contribution < 1.29 is 14.3 Å². The molecule has 2 aromatic heterocycles. The zero-order valence-corrected chi connectivity index (χ0v) is 19.5. The predicted molar refractivity (Wildman–Crippen MR) is 132 cm³/mol. The molecule has 0 radical (unpaired) electrons. The van der Waals surface area contributed by atoms with E-state index < -0.39 is 6.16 Å². The summed E-state index contributed by atoms with van der Waals surface area (Å²) in [6.45, 7) is 4.26. The van der Waals surface area contributed by atoms with Gasteiger partial charge in [-0.3, -0.25) is 0 Å². The van der Waals surface area contributed by atoms with E-state index in [-0.39, 0.29) is 11.8 Å². The zero-order valence-electron chi connectivity index (χ0n) is 19.5. The van der Waals surface area contributed by atoms with Gasteiger partial charge in [-0.25, -0.2) is 14.8 Å². The Morgan fingerprint density at radius 1 is 0.618 bits per heavy atom. The number of hydrogen-bond donors (Lipinski definition) is 0. The molecule has 5 heteroatoms. The summed E-state index contributed by atoms with van der Waals surface area (Å²) < 4.78 is 11.0. The van der Waals surface area contributed by atoms with Gasteiger partial charge in [-0.1, -0.05) is 74.5 Å². The van der Waals surface area contributed by atoms with E-state index in [2.05, 4.69) is 72.3 Å². The minimum absolute atomic E-state index is 0.236. The number of rotatable bonds is 8. The van der Waals surface area contributed by atoms with Gasteiger partial charge in [-0.15, -0.1) is 0 Å². The highest BCUT2D eigenvalue weighted by Gasteiger charge is 2.16. The predicted octanol–water partition coefficient (Wildman–Crippen LogP) is 6.36. The van der Waals surface area contributed by atoms with Crippen LogP contribution >= 0.6 is 0 Å². The number of benzene rings is 2. The SMILES string of the molecule is CCc1ccc(Cc2cccnc2OC(=O)Oc2ncccc2Cc2ccc(CC)cc2)cc1. The fourth-order valence-electron chi connectivity index (χ4n) is 3.71. The number of hydrogen-bond acceptors (Lipinski definition) is 5. The topological polar surface area (TPSA) is 61.3 Å². The van der Waals surface area contributed by atoms with Crippen molar-refractivity contribution in [3.8, 4) is 11.8 Å². The highest BCUT2D eigenvalue weighted by molar-refractivity contribution is 5.67. The molecule has 172 valence electrons. The van der Waals surface area contributed by atoms with E-state index in [0.29, 0.717) is 12.8 Å². The summed E-state index contributed by atoms with van der Waals surface area (Å²) in [6, 6.07) is 24.2. The largest absolute Gasteiger partial charge is 0.522 e. The van der Waals surface area contributed by atoms with E-state index >= 15 is 0 Å². The highest BCUT2D eigenvalue weighted by Crippen LogP contribution is 2.22. The van der Waals surface area contributed by atoms with Gasteiger partial charge in [0.2, 0.25) is 11.8 Å². The zero-order chi connectivity index (χ0) is 23.8. The van der Waals surface area contributed by atoms with Crippen LogP contribution in [0.1, 0.15) is 47.2 Å². The molecular weight excluding hydrogens is 424 g/mol. The standard InChI is InChI=1S/C29H28N2O3/c1-3-21-9-13-23(14-10-21)19-25-7-5-17-30-27(25)33-29(32)34-28-26(8-6-18-31-28)20-24-15-11-22(4-2)12-16-24/h5-18H,3-4,19-20H2,1-2H3. The summed E-state index contributed by atoms with van der Waals surface area (Å²) in [6.07, 6.45) is 5.52. The van der Waals surface area contributed by atoms with Crippen LogP contribution in [0.5, 0.6) is 11.8 Å². The molecule has 0 fully saturated rings. The molecular formula is C29H28N2O3. The summed E-state index contributed by atoms with van der Waals surface area (Å²) in [5, 5.41) is 0. The van der Waals surface area contributed by atoms with E-state index in [9.17, 15) is 4.79 Å². The molecule has 0 unspecified atom stereocenters. The molecule has 0 saturated carbocycles. The van der Waals surface area contributed by atoms with E-state index in [0.717, 1.165) is 35.1 Å². The van der Waals surface area contributed by atoms with Crippen molar-refractivity contribution in [3.63, 3.8) is 0 Å². The molecule has 0 saturated heterocycles. The third-order valence-corrected chi connectivity index (χ3v) is 5.71. The van der Waals surface area contributed by atoms with Crippen LogP contribution in [0.25, 0.3) is 0 Å². The Morgan fingerprint density at radius 3 is 1.38 bits per heavy atom. The van der Waals surface area contributed by atoms with Gasteiger partial charge in [0.25, 0.3) is 0 Å². The first-order chi connectivity index (χ1) is 16.6. The molecule has 2 aromatic carbocycles. The van der Waals surface area contributed by atoms with Crippen molar-refractivity contribution in [2.45, 2.75) is 39.5 Å². The Kier molecular flexibility index (Phi) is 7.66. The summed E-state index contributed by atoms with van der Waals surface area (Å²) in [7, 11) is 0. The monoisotopic (exact) mass is 452 g/mol. The number of aryl methyl sites for hydroxylation is 2. The quantitative estimate of drug-likeness (QED) is 0.291. The minimum Gasteiger partial charge on any atom is -0.375 e. The van der Waals surface area contributed by atoms with Crippen molar-refractivity contribution in [1.29, 1.82) is 0 Å². The van der Waals surface area contributed by atoms with Gasteiger partial charge in [-0.05, 0) is 47.2 Å². The first kappa shape index (κ1) is 23.2. The molecule has 0 aliphatic heterocycles. The maximum absolute atomic E-state index is 12.6. The van der Waals surface area contributed by atoms with Gasteiger partial charge in [0.15, 0.2) is 0 Å². The lowest BCUT2D eigenvalue weighted by Crippen LogP contribution is -2.17. The third-order valence-electron chi connectivity index (χ3n) is 5.71. The lowest BCUT2D eigenvalue weighted by atomic mass is 10.0. The van der Waals surface area contributed by atoms with Crippen LogP contribution in [0.2, 0.25) is 0 Å². The van der Waals surface area contributed by atoms with E-state index in [1.54, 1.807) is 12.4 Å². The number of carbonyl (C=O) groups excluding carboxylic acids is 1. The van der Waals surface area contributed by atoms with Crippen LogP contribution in [-0.4, -0.2) is 16.1 Å². The molecule has 0 amide bonds. The highest BCUT2D eigenvalue weighted by atomic mass is 16.7. The Balaban J connectivity index is 1.45. The number of aromatic nitrogens is 2. The Morgan fingerprint density at radius 2 is 1.00 bits per heavy atom. The average molecular weight is 453 g/mol. The lowest BCUT2D eigenvalue weighted by molar-refractivity contribution is 0.147. The molecule has 4 rings (SSSR count). The number of nitrogens with zero attached hydrogens (tertiary/aromatic N) is 2. The first-order valence-electron chi connectivity index (χ1n) is 11.6. The van der Waals surface area contributed by atoms with Gasteiger partial charge >= 0.3 is 6.16 Å². The molecule has 0 atom stereocenters. The van der Waals surface area contributed by atoms with Crippen LogP contribution in [0.15, 0.2) is 85.2 Å². The van der Waals surface area contributed by atoms with E-state index in [1.807, 2.05) is 24.3 Å². The second kappa shape index (κ2) is 11.2. The molecule has 34 heavy (non-hydrogen) atoms. The minimum atomic E-state index is -0.859. The second-order valence-electron chi connectivity index (χ2n) is 8.08. The third kappa shape index (κ3) is 6.07. The molecule has 0 spiro atoms. The van der Waals surface area contributed by atoms with E-state index in [4.69, 9.17) is 9.47 Å². The number of carbonyl (C=O) groups is 1. The maximum Gasteiger partial charge on any atom is 0.522 e. The lowest BCUT2D eigenvalue weighted by Gasteiger charge is -2.11. The number of pyridine rings is 2. The van der Waals surface area contributed by atoms with Crippen molar-refractivity contribution >= 4 is 6.16 Å².